The summed E-state index contributed by atoms with van der Waals surface area (Å²) in [5.74, 6) is -1.11. The first-order chi connectivity index (χ1) is 16.1. The lowest BCUT2D eigenvalue weighted by Crippen LogP contribution is -2.47. The number of anilines is 1. The predicted molar refractivity (Wildman–Crippen MR) is 118 cm³/mol. The molecule has 11 heteroatoms. The van der Waals surface area contributed by atoms with Gasteiger partial charge in [-0.1, -0.05) is 0 Å². The lowest BCUT2D eigenvalue weighted by Gasteiger charge is -2.44. The van der Waals surface area contributed by atoms with Gasteiger partial charge in [-0.05, 0) is 70.4 Å². The number of halogens is 3. The van der Waals surface area contributed by atoms with E-state index in [9.17, 15) is 28.0 Å². The van der Waals surface area contributed by atoms with E-state index in [0.717, 1.165) is 25.7 Å². The van der Waals surface area contributed by atoms with Crippen molar-refractivity contribution < 1.29 is 22.8 Å². The molecule has 2 amide bonds. The summed E-state index contributed by atoms with van der Waals surface area (Å²) in [6.45, 7) is 1.31. The SMILES string of the molecule is N#CC[C@]1(n2cc(C(N)=O)c(NC(=O)C3CC3)n2)CC[C@H](N2CCC(CC(F)(F)F)CC2)CC1. The molecule has 1 aromatic rings. The van der Waals surface area contributed by atoms with Crippen molar-refractivity contribution in [2.24, 2.45) is 17.6 Å². The molecular formula is C23H31F3N6O2. The Morgan fingerprint density at radius 2 is 1.82 bits per heavy atom. The fourth-order valence-corrected chi connectivity index (χ4v) is 5.44. The van der Waals surface area contributed by atoms with E-state index >= 15 is 0 Å². The summed E-state index contributed by atoms with van der Waals surface area (Å²) in [7, 11) is 0. The van der Waals surface area contributed by atoms with Crippen molar-refractivity contribution in [3.8, 4) is 6.07 Å². The second-order valence-electron chi connectivity index (χ2n) is 10.1. The number of aromatic nitrogens is 2. The first-order valence-electron chi connectivity index (χ1n) is 12.0. The summed E-state index contributed by atoms with van der Waals surface area (Å²) < 4.78 is 39.7. The number of nitrogens with one attached hydrogen (secondary N) is 1. The van der Waals surface area contributed by atoms with Gasteiger partial charge in [0.2, 0.25) is 5.91 Å². The minimum atomic E-state index is -4.11. The van der Waals surface area contributed by atoms with Crippen LogP contribution in [0.5, 0.6) is 0 Å². The van der Waals surface area contributed by atoms with Crippen LogP contribution in [0.15, 0.2) is 6.20 Å². The minimum absolute atomic E-state index is 0.0605. The molecule has 0 bridgehead atoms. The van der Waals surface area contributed by atoms with Gasteiger partial charge in [0.05, 0.1) is 18.0 Å². The average molecular weight is 481 g/mol. The third-order valence-corrected chi connectivity index (χ3v) is 7.64. The van der Waals surface area contributed by atoms with Gasteiger partial charge in [-0.25, -0.2) is 0 Å². The van der Waals surface area contributed by atoms with E-state index in [4.69, 9.17) is 5.73 Å². The van der Waals surface area contributed by atoms with Crippen LogP contribution in [0.25, 0.3) is 0 Å². The Kier molecular flexibility index (Phi) is 6.90. The maximum atomic E-state index is 12.7. The number of hydrogen-bond acceptors (Lipinski definition) is 5. The smallest absolute Gasteiger partial charge is 0.365 e. The summed E-state index contributed by atoms with van der Waals surface area (Å²) in [5, 5.41) is 16.7. The standard InChI is InChI=1S/C23H31F3N6O2/c24-23(25,26)13-15-5-11-31(12-6-15)17-3-7-22(8-4-17,9-10-27)32-14-18(19(28)33)20(30-32)29-21(34)16-1-2-16/h14-17H,1-9,11-13H2,(H2,28,33)(H,29,30,34)/t17-,22-. The second-order valence-corrected chi connectivity index (χ2v) is 10.1. The molecule has 3 N–H and O–H groups in total. The molecule has 2 saturated carbocycles. The quantitative estimate of drug-likeness (QED) is 0.619. The Labute approximate surface area is 196 Å². The lowest BCUT2D eigenvalue weighted by molar-refractivity contribution is -0.148. The third-order valence-electron chi connectivity index (χ3n) is 7.64. The van der Waals surface area contributed by atoms with Gasteiger partial charge in [0.15, 0.2) is 5.82 Å². The lowest BCUT2D eigenvalue weighted by atomic mass is 9.76. The number of primary amides is 1. The van der Waals surface area contributed by atoms with Gasteiger partial charge >= 0.3 is 6.18 Å². The van der Waals surface area contributed by atoms with Gasteiger partial charge in [-0.2, -0.15) is 23.5 Å². The van der Waals surface area contributed by atoms with Crippen molar-refractivity contribution >= 4 is 17.6 Å². The van der Waals surface area contributed by atoms with E-state index in [-0.39, 0.29) is 41.6 Å². The fourth-order valence-electron chi connectivity index (χ4n) is 5.44. The highest BCUT2D eigenvalue weighted by molar-refractivity contribution is 6.02. The summed E-state index contributed by atoms with van der Waals surface area (Å²) >= 11 is 0. The Hall–Kier alpha value is -2.61. The molecule has 1 saturated heterocycles. The number of nitrogens with two attached hydrogens (primary N) is 1. The fraction of sp³-hybridized carbons (Fsp3) is 0.739. The largest absolute Gasteiger partial charge is 0.389 e. The highest BCUT2D eigenvalue weighted by Gasteiger charge is 2.42. The number of nitrogens with zero attached hydrogens (tertiary/aromatic N) is 4. The molecule has 0 spiro atoms. The van der Waals surface area contributed by atoms with Gasteiger partial charge in [-0.15, -0.1) is 0 Å². The van der Waals surface area contributed by atoms with Crippen LogP contribution in [0.4, 0.5) is 19.0 Å². The van der Waals surface area contributed by atoms with Crippen molar-refractivity contribution in [3.63, 3.8) is 0 Å². The number of piperidine rings is 1. The summed E-state index contributed by atoms with van der Waals surface area (Å²) in [6, 6.07) is 2.49. The van der Waals surface area contributed by atoms with E-state index in [1.807, 2.05) is 0 Å². The molecule has 34 heavy (non-hydrogen) atoms. The highest BCUT2D eigenvalue weighted by atomic mass is 19.4. The van der Waals surface area contributed by atoms with Gasteiger partial charge < -0.3 is 16.0 Å². The van der Waals surface area contributed by atoms with E-state index in [0.29, 0.717) is 38.8 Å². The van der Waals surface area contributed by atoms with Crippen molar-refractivity contribution in [3.05, 3.63) is 11.8 Å². The summed E-state index contributed by atoms with van der Waals surface area (Å²) in [5.41, 5.74) is 5.03. The maximum absolute atomic E-state index is 12.7. The molecule has 3 aliphatic rings. The molecule has 4 rings (SSSR count). The zero-order valence-electron chi connectivity index (χ0n) is 19.1. The van der Waals surface area contributed by atoms with Crippen LogP contribution in [0.3, 0.4) is 0 Å². The molecule has 186 valence electrons. The maximum Gasteiger partial charge on any atom is 0.389 e. The Balaban J connectivity index is 1.43. The van der Waals surface area contributed by atoms with Crippen LogP contribution in [0.1, 0.15) is 74.6 Å². The number of nitriles is 1. The first-order valence-corrected chi connectivity index (χ1v) is 12.0. The third kappa shape index (κ3) is 5.54. The van der Waals surface area contributed by atoms with Crippen LogP contribution in [0, 0.1) is 23.2 Å². The van der Waals surface area contributed by atoms with Crippen molar-refractivity contribution in [2.75, 3.05) is 18.4 Å². The molecular weight excluding hydrogens is 449 g/mol. The molecule has 0 atom stereocenters. The number of carbonyl (C=O) groups excluding carboxylic acids is 2. The number of amides is 2. The molecule has 1 aliphatic heterocycles. The zero-order valence-corrected chi connectivity index (χ0v) is 19.1. The predicted octanol–water partition coefficient (Wildman–Crippen LogP) is 3.55. The van der Waals surface area contributed by atoms with Gasteiger partial charge in [0, 0.05) is 24.6 Å². The van der Waals surface area contributed by atoms with Crippen LogP contribution < -0.4 is 11.1 Å². The van der Waals surface area contributed by atoms with E-state index < -0.39 is 24.0 Å². The number of alkyl halides is 3. The van der Waals surface area contributed by atoms with Crippen LogP contribution in [0.2, 0.25) is 0 Å². The number of rotatable bonds is 7. The van der Waals surface area contributed by atoms with E-state index in [2.05, 4.69) is 21.4 Å². The van der Waals surface area contributed by atoms with Crippen LogP contribution >= 0.6 is 0 Å². The molecule has 0 unspecified atom stereocenters. The van der Waals surface area contributed by atoms with Gasteiger partial charge in [0.25, 0.3) is 5.91 Å². The molecule has 2 heterocycles. The molecule has 2 aliphatic carbocycles. The molecule has 1 aromatic heterocycles. The summed E-state index contributed by atoms with van der Waals surface area (Å²) in [4.78, 5) is 26.5. The minimum Gasteiger partial charge on any atom is -0.365 e. The zero-order chi connectivity index (χ0) is 24.5. The van der Waals surface area contributed by atoms with Crippen LogP contribution in [-0.4, -0.2) is 51.8 Å². The topological polar surface area (TPSA) is 117 Å². The monoisotopic (exact) mass is 480 g/mol. The van der Waals surface area contributed by atoms with Crippen molar-refractivity contribution in [1.82, 2.24) is 14.7 Å². The second kappa shape index (κ2) is 9.56. The first kappa shape index (κ1) is 24.5. The Morgan fingerprint density at radius 1 is 1.18 bits per heavy atom. The van der Waals surface area contributed by atoms with Gasteiger partial charge in [0.1, 0.15) is 5.56 Å². The van der Waals surface area contributed by atoms with E-state index in [1.54, 1.807) is 4.68 Å². The molecule has 8 nitrogen and oxygen atoms in total. The summed E-state index contributed by atoms with van der Waals surface area (Å²) in [6.07, 6.45) is 2.47. The van der Waals surface area contributed by atoms with Crippen molar-refractivity contribution in [1.29, 1.82) is 5.26 Å². The molecule has 3 fully saturated rings. The molecule has 0 aromatic carbocycles. The number of hydrogen-bond donors (Lipinski definition) is 2. The van der Waals surface area contributed by atoms with Gasteiger partial charge in [-0.3, -0.25) is 14.3 Å². The number of likely N-dealkylation sites (tertiary alicyclic amines) is 1. The Morgan fingerprint density at radius 3 is 2.35 bits per heavy atom. The highest BCUT2D eigenvalue weighted by Crippen LogP contribution is 2.41. The van der Waals surface area contributed by atoms with E-state index in [1.165, 1.54) is 6.20 Å². The Bertz CT molecular complexity index is 949. The molecule has 0 radical (unpaired) electrons. The normalized spacial score (nSPS) is 26.7. The number of carbonyl (C=O) groups is 2. The van der Waals surface area contributed by atoms with Crippen LogP contribution in [-0.2, 0) is 10.3 Å². The van der Waals surface area contributed by atoms with Crippen molar-refractivity contribution in [2.45, 2.75) is 82.0 Å². The average Bonchev–Trinajstić information content (AvgIpc) is 3.54.